The molecule has 1 aliphatic rings. The number of amides is 1. The molecule has 31 heavy (non-hydrogen) atoms. The average molecular weight is 458 g/mol. The molecule has 12 heteroatoms. The lowest BCUT2D eigenvalue weighted by Crippen LogP contribution is -2.50. The molecule has 1 aliphatic heterocycles. The number of phosphoric acid groups is 1. The monoisotopic (exact) mass is 458 g/mol. The summed E-state index contributed by atoms with van der Waals surface area (Å²) in [6, 6.07) is 5.06. The van der Waals surface area contributed by atoms with Crippen LogP contribution in [0.2, 0.25) is 0 Å². The van der Waals surface area contributed by atoms with Gasteiger partial charge in [0, 0.05) is 12.0 Å². The predicted octanol–water partition coefficient (Wildman–Crippen LogP) is 1.25. The van der Waals surface area contributed by atoms with Crippen LogP contribution in [0.15, 0.2) is 24.3 Å². The minimum absolute atomic E-state index is 0.0159. The Morgan fingerprint density at radius 1 is 1.32 bits per heavy atom. The van der Waals surface area contributed by atoms with E-state index < -0.39 is 43.2 Å². The highest BCUT2D eigenvalue weighted by Crippen LogP contribution is 2.56. The van der Waals surface area contributed by atoms with Crippen molar-refractivity contribution in [3.63, 3.8) is 0 Å². The summed E-state index contributed by atoms with van der Waals surface area (Å²) < 4.78 is 33.6. The number of esters is 1. The summed E-state index contributed by atoms with van der Waals surface area (Å²) in [4.78, 5) is 34.6. The Labute approximate surface area is 179 Å². The van der Waals surface area contributed by atoms with Gasteiger partial charge in [-0.2, -0.15) is 0 Å². The molecule has 4 N–H and O–H groups in total. The van der Waals surface area contributed by atoms with Crippen molar-refractivity contribution in [1.29, 1.82) is 0 Å². The van der Waals surface area contributed by atoms with Crippen LogP contribution in [0, 0.1) is 5.41 Å². The molecule has 3 atom stereocenters. The van der Waals surface area contributed by atoms with E-state index in [1.54, 1.807) is 26.0 Å². The van der Waals surface area contributed by atoms with E-state index in [1.165, 1.54) is 19.2 Å². The lowest BCUT2D eigenvalue weighted by molar-refractivity contribution is -0.142. The number of rotatable bonds is 9. The molecule has 1 fully saturated rings. The number of phosphoric ester groups is 1. The number of carbonyl (C=O) groups is 3. The summed E-state index contributed by atoms with van der Waals surface area (Å²) >= 11 is 0. The van der Waals surface area contributed by atoms with Gasteiger partial charge in [-0.05, 0) is 24.1 Å². The highest BCUT2D eigenvalue weighted by atomic mass is 31.2. The van der Waals surface area contributed by atoms with Gasteiger partial charge in [-0.25, -0.2) is 4.57 Å². The molecule has 1 saturated heterocycles. The minimum atomic E-state index is -4.11. The van der Waals surface area contributed by atoms with Gasteiger partial charge in [0.1, 0.15) is 11.8 Å². The lowest BCUT2D eigenvalue weighted by atomic mass is 9.87. The van der Waals surface area contributed by atoms with Crippen molar-refractivity contribution in [2.75, 3.05) is 20.3 Å². The van der Waals surface area contributed by atoms with Crippen LogP contribution in [-0.4, -0.2) is 55.4 Å². The molecular formula is C19H27N2O9P. The number of nitrogens with one attached hydrogen (secondary N) is 1. The highest BCUT2D eigenvalue weighted by Gasteiger charge is 2.49. The molecule has 1 unspecified atom stereocenters. The molecule has 1 amide bonds. The number of carbonyl (C=O) groups excluding carboxylic acids is 2. The third-order valence-corrected chi connectivity index (χ3v) is 5.90. The van der Waals surface area contributed by atoms with Gasteiger partial charge in [0.2, 0.25) is 0 Å². The Morgan fingerprint density at radius 2 is 1.97 bits per heavy atom. The van der Waals surface area contributed by atoms with Crippen molar-refractivity contribution in [1.82, 2.24) is 5.32 Å². The van der Waals surface area contributed by atoms with Gasteiger partial charge < -0.3 is 25.4 Å². The number of ether oxygens (including phenoxy) is 1. The summed E-state index contributed by atoms with van der Waals surface area (Å²) in [6.45, 7) is 3.39. The molecule has 2 rings (SSSR count). The number of benzene rings is 1. The third-order valence-electron chi connectivity index (χ3n) is 4.55. The van der Waals surface area contributed by atoms with Crippen molar-refractivity contribution in [3.8, 4) is 5.75 Å². The molecule has 1 aromatic rings. The van der Waals surface area contributed by atoms with Gasteiger partial charge in [-0.3, -0.25) is 23.4 Å². The number of methoxy groups -OCH3 is 1. The molecular weight excluding hydrogens is 431 g/mol. The summed E-state index contributed by atoms with van der Waals surface area (Å²) in [7, 11) is -2.87. The second-order valence-electron chi connectivity index (χ2n) is 7.70. The molecule has 0 spiro atoms. The van der Waals surface area contributed by atoms with Crippen LogP contribution < -0.4 is 15.6 Å². The van der Waals surface area contributed by atoms with Crippen molar-refractivity contribution in [2.45, 2.75) is 38.8 Å². The van der Waals surface area contributed by atoms with Crippen molar-refractivity contribution in [3.05, 3.63) is 29.8 Å². The van der Waals surface area contributed by atoms with Crippen LogP contribution in [0.4, 0.5) is 0 Å². The van der Waals surface area contributed by atoms with E-state index in [9.17, 15) is 18.9 Å². The van der Waals surface area contributed by atoms with E-state index in [1.807, 2.05) is 0 Å². The summed E-state index contributed by atoms with van der Waals surface area (Å²) in [5, 5.41) is 11.4. The Hall–Kier alpha value is -2.46. The molecule has 172 valence electrons. The number of carboxylic acids is 1. The van der Waals surface area contributed by atoms with Crippen molar-refractivity contribution in [2.24, 2.45) is 11.1 Å². The van der Waals surface area contributed by atoms with E-state index in [2.05, 4.69) is 10.1 Å². The first-order chi connectivity index (χ1) is 14.5. The van der Waals surface area contributed by atoms with Gasteiger partial charge in [-0.15, -0.1) is 0 Å². The Bertz CT molecular complexity index is 856. The SMILES string of the molecule is COC(=O)CCNC(=O)[C@@H]1OP(=O)(Oc2ccc(C[C@H](N)C(=O)O)cc2)OCC1(C)C. The third kappa shape index (κ3) is 7.03. The zero-order chi connectivity index (χ0) is 23.2. The van der Waals surface area contributed by atoms with Crippen molar-refractivity contribution >= 4 is 25.7 Å². The molecule has 11 nitrogen and oxygen atoms in total. The van der Waals surface area contributed by atoms with E-state index in [0.717, 1.165) is 0 Å². The molecule has 0 radical (unpaired) electrons. The fourth-order valence-corrected chi connectivity index (χ4v) is 4.38. The summed E-state index contributed by atoms with van der Waals surface area (Å²) in [6.07, 6.45) is -1.04. The number of carboxylic acid groups (broad SMARTS) is 1. The van der Waals surface area contributed by atoms with Gasteiger partial charge in [0.25, 0.3) is 5.91 Å². The van der Waals surface area contributed by atoms with Crippen molar-refractivity contribution < 1.29 is 42.4 Å². The maximum atomic E-state index is 13.0. The number of nitrogens with two attached hydrogens (primary N) is 1. The maximum Gasteiger partial charge on any atom is 0.530 e. The lowest BCUT2D eigenvalue weighted by Gasteiger charge is -2.39. The first kappa shape index (κ1) is 24.8. The van der Waals surface area contributed by atoms with Crippen LogP contribution in [0.25, 0.3) is 0 Å². The molecule has 0 aromatic heterocycles. The standard InChI is InChI=1S/C19H27N2O9P/c1-19(2)11-28-31(26,30-16(19)17(23)21-9-8-15(22)27-3)29-13-6-4-12(5-7-13)10-14(20)18(24)25/h4-7,14,16H,8-11,20H2,1-3H3,(H,21,23)(H,24,25)/t14-,16-,31?/m0/s1. The van der Waals surface area contributed by atoms with E-state index in [-0.39, 0.29) is 31.7 Å². The first-order valence-electron chi connectivity index (χ1n) is 9.50. The quantitative estimate of drug-likeness (QED) is 0.362. The average Bonchev–Trinajstić information content (AvgIpc) is 2.71. The summed E-state index contributed by atoms with van der Waals surface area (Å²) in [5.41, 5.74) is 5.35. The zero-order valence-corrected chi connectivity index (χ0v) is 18.4. The van der Waals surface area contributed by atoms with Crippen LogP contribution in [-0.2, 0) is 39.2 Å². The number of hydrogen-bond donors (Lipinski definition) is 3. The van der Waals surface area contributed by atoms with Gasteiger partial charge >= 0.3 is 19.8 Å². The first-order valence-corrected chi connectivity index (χ1v) is 11.0. The Morgan fingerprint density at radius 3 is 2.55 bits per heavy atom. The smallest absolute Gasteiger partial charge is 0.480 e. The fourth-order valence-electron chi connectivity index (χ4n) is 2.71. The van der Waals surface area contributed by atoms with E-state index in [0.29, 0.717) is 5.56 Å². The van der Waals surface area contributed by atoms with Crippen LogP contribution >= 0.6 is 7.82 Å². The molecule has 0 saturated carbocycles. The Kier molecular flexibility index (Phi) is 8.19. The van der Waals surface area contributed by atoms with Gasteiger partial charge in [-0.1, -0.05) is 26.0 Å². The van der Waals surface area contributed by atoms with E-state index >= 15 is 0 Å². The molecule has 0 bridgehead atoms. The molecule has 0 aliphatic carbocycles. The Balaban J connectivity index is 2.03. The van der Waals surface area contributed by atoms with Crippen LogP contribution in [0.5, 0.6) is 5.75 Å². The normalized spacial score (nSPS) is 23.4. The summed E-state index contributed by atoms with van der Waals surface area (Å²) in [5.74, 6) is -2.00. The predicted molar refractivity (Wildman–Crippen MR) is 108 cm³/mol. The van der Waals surface area contributed by atoms with Crippen LogP contribution in [0.3, 0.4) is 0 Å². The number of hydrogen-bond acceptors (Lipinski definition) is 9. The van der Waals surface area contributed by atoms with E-state index in [4.69, 9.17) is 24.4 Å². The zero-order valence-electron chi connectivity index (χ0n) is 17.5. The van der Waals surface area contributed by atoms with Gasteiger partial charge in [0.05, 0.1) is 20.1 Å². The molecule has 1 aromatic carbocycles. The second kappa shape index (κ2) is 10.2. The molecule has 1 heterocycles. The highest BCUT2D eigenvalue weighted by molar-refractivity contribution is 7.49. The largest absolute Gasteiger partial charge is 0.530 e. The fraction of sp³-hybridized carbons (Fsp3) is 0.526. The van der Waals surface area contributed by atoms with Crippen LogP contribution in [0.1, 0.15) is 25.8 Å². The minimum Gasteiger partial charge on any atom is -0.480 e. The van der Waals surface area contributed by atoms with Gasteiger partial charge in [0.15, 0.2) is 6.10 Å². The second-order valence-corrected chi connectivity index (χ2v) is 9.24. The maximum absolute atomic E-state index is 13.0. The number of aliphatic carboxylic acids is 1. The topological polar surface area (TPSA) is 163 Å².